The third-order valence-corrected chi connectivity index (χ3v) is 1.70. The van der Waals surface area contributed by atoms with E-state index in [4.69, 9.17) is 5.11 Å². The molecular formula is C9H17NO4. The molecule has 0 aliphatic rings. The number of ether oxygens (including phenoxy) is 1. The van der Waals surface area contributed by atoms with Gasteiger partial charge in [0.25, 0.3) is 0 Å². The normalized spacial score (nSPS) is 12.6. The van der Waals surface area contributed by atoms with E-state index in [0.717, 1.165) is 0 Å². The molecule has 1 unspecified atom stereocenters. The van der Waals surface area contributed by atoms with Crippen molar-refractivity contribution in [3.8, 4) is 0 Å². The first-order valence-corrected chi connectivity index (χ1v) is 4.53. The zero-order chi connectivity index (χ0) is 11.1. The number of methoxy groups -OCH3 is 1. The Balaban J connectivity index is 3.97. The smallest absolute Gasteiger partial charge is 0.320 e. The van der Waals surface area contributed by atoms with E-state index in [0.29, 0.717) is 0 Å². The standard InChI is InChI=1S/C9H17NO4/c1-6(2)10-7(9(12)13)4-5-8(11)14-3/h6-7,10H,4-5H2,1-3H3,(H,12,13). The summed E-state index contributed by atoms with van der Waals surface area (Å²) in [4.78, 5) is 21.5. The summed E-state index contributed by atoms with van der Waals surface area (Å²) in [5, 5.41) is 11.6. The van der Waals surface area contributed by atoms with Gasteiger partial charge in [-0.05, 0) is 6.42 Å². The van der Waals surface area contributed by atoms with Crippen LogP contribution in [0.2, 0.25) is 0 Å². The molecule has 0 aliphatic carbocycles. The quantitative estimate of drug-likeness (QED) is 0.611. The molecule has 0 aromatic heterocycles. The maximum atomic E-state index is 10.8. The van der Waals surface area contributed by atoms with Gasteiger partial charge in [0.15, 0.2) is 0 Å². The van der Waals surface area contributed by atoms with Gasteiger partial charge in [0.2, 0.25) is 0 Å². The largest absolute Gasteiger partial charge is 0.480 e. The maximum absolute atomic E-state index is 10.8. The average molecular weight is 203 g/mol. The number of hydrogen-bond acceptors (Lipinski definition) is 4. The Bertz CT molecular complexity index is 203. The van der Waals surface area contributed by atoms with Crippen LogP contribution >= 0.6 is 0 Å². The Morgan fingerprint density at radius 1 is 1.43 bits per heavy atom. The van der Waals surface area contributed by atoms with Crippen LogP contribution in [-0.4, -0.2) is 36.2 Å². The second-order valence-corrected chi connectivity index (χ2v) is 3.33. The number of carbonyl (C=O) groups excluding carboxylic acids is 1. The summed E-state index contributed by atoms with van der Waals surface area (Å²) >= 11 is 0. The van der Waals surface area contributed by atoms with Crippen molar-refractivity contribution >= 4 is 11.9 Å². The summed E-state index contributed by atoms with van der Waals surface area (Å²) in [6.45, 7) is 3.71. The van der Waals surface area contributed by atoms with Gasteiger partial charge in [-0.1, -0.05) is 13.8 Å². The monoisotopic (exact) mass is 203 g/mol. The minimum atomic E-state index is -0.942. The molecule has 0 bridgehead atoms. The third kappa shape index (κ3) is 5.53. The highest BCUT2D eigenvalue weighted by atomic mass is 16.5. The van der Waals surface area contributed by atoms with Gasteiger partial charge in [0.05, 0.1) is 7.11 Å². The number of carboxylic acid groups (broad SMARTS) is 1. The van der Waals surface area contributed by atoms with E-state index in [1.807, 2.05) is 13.8 Å². The van der Waals surface area contributed by atoms with Crippen molar-refractivity contribution in [3.63, 3.8) is 0 Å². The highest BCUT2D eigenvalue weighted by molar-refractivity contribution is 5.75. The van der Waals surface area contributed by atoms with Gasteiger partial charge >= 0.3 is 11.9 Å². The minimum absolute atomic E-state index is 0.0775. The molecule has 82 valence electrons. The van der Waals surface area contributed by atoms with Gasteiger partial charge in [-0.3, -0.25) is 9.59 Å². The van der Waals surface area contributed by atoms with Crippen LogP contribution in [0.5, 0.6) is 0 Å². The Morgan fingerprint density at radius 3 is 2.36 bits per heavy atom. The van der Waals surface area contributed by atoms with Crippen LogP contribution in [0.3, 0.4) is 0 Å². The Morgan fingerprint density at radius 2 is 2.00 bits per heavy atom. The highest BCUT2D eigenvalue weighted by Crippen LogP contribution is 2.00. The Labute approximate surface area is 83.4 Å². The first kappa shape index (κ1) is 12.9. The molecule has 0 rings (SSSR count). The van der Waals surface area contributed by atoms with Crippen molar-refractivity contribution in [1.29, 1.82) is 0 Å². The number of esters is 1. The summed E-state index contributed by atoms with van der Waals surface area (Å²) in [6, 6.07) is -0.608. The molecule has 0 heterocycles. The molecule has 1 atom stereocenters. The molecule has 0 aromatic carbocycles. The van der Waals surface area contributed by atoms with E-state index in [-0.39, 0.29) is 24.9 Å². The van der Waals surface area contributed by atoms with Crippen LogP contribution < -0.4 is 5.32 Å². The summed E-state index contributed by atoms with van der Waals surface area (Å²) in [5.74, 6) is -1.33. The van der Waals surface area contributed by atoms with Crippen LogP contribution in [0, 0.1) is 0 Å². The van der Waals surface area contributed by atoms with Gasteiger partial charge in [0.1, 0.15) is 6.04 Å². The van der Waals surface area contributed by atoms with Crippen molar-refractivity contribution in [2.75, 3.05) is 7.11 Å². The van der Waals surface area contributed by atoms with Crippen molar-refractivity contribution in [2.45, 2.75) is 38.8 Å². The highest BCUT2D eigenvalue weighted by Gasteiger charge is 2.19. The van der Waals surface area contributed by atoms with Crippen LogP contribution in [0.1, 0.15) is 26.7 Å². The third-order valence-electron chi connectivity index (χ3n) is 1.70. The second-order valence-electron chi connectivity index (χ2n) is 3.33. The van der Waals surface area contributed by atoms with Crippen LogP contribution in [0.4, 0.5) is 0 Å². The van der Waals surface area contributed by atoms with Crippen molar-refractivity contribution < 1.29 is 19.4 Å². The molecule has 0 spiro atoms. The first-order chi connectivity index (χ1) is 6.47. The second kappa shape index (κ2) is 6.37. The first-order valence-electron chi connectivity index (χ1n) is 4.53. The molecule has 0 aliphatic heterocycles. The van der Waals surface area contributed by atoms with E-state index in [9.17, 15) is 9.59 Å². The number of carbonyl (C=O) groups is 2. The van der Waals surface area contributed by atoms with Crippen molar-refractivity contribution in [1.82, 2.24) is 5.32 Å². The summed E-state index contributed by atoms with van der Waals surface area (Å²) < 4.78 is 4.43. The van der Waals surface area contributed by atoms with E-state index < -0.39 is 12.0 Å². The zero-order valence-electron chi connectivity index (χ0n) is 8.74. The predicted octanol–water partition coefficient (Wildman–Crippen LogP) is 0.391. The van der Waals surface area contributed by atoms with E-state index >= 15 is 0 Å². The molecule has 0 saturated heterocycles. The lowest BCUT2D eigenvalue weighted by Gasteiger charge is -2.16. The van der Waals surface area contributed by atoms with Gasteiger partial charge in [-0.15, -0.1) is 0 Å². The summed E-state index contributed by atoms with van der Waals surface area (Å²) in [6.07, 6.45) is 0.368. The van der Waals surface area contributed by atoms with Gasteiger partial charge in [0, 0.05) is 12.5 Å². The molecule has 0 aromatic rings. The molecule has 2 N–H and O–H groups in total. The molecule has 0 fully saturated rings. The average Bonchev–Trinajstić information content (AvgIpc) is 2.10. The van der Waals surface area contributed by atoms with Crippen molar-refractivity contribution in [3.05, 3.63) is 0 Å². The molecule has 0 radical (unpaired) electrons. The van der Waals surface area contributed by atoms with E-state index in [1.165, 1.54) is 7.11 Å². The molecular weight excluding hydrogens is 186 g/mol. The van der Waals surface area contributed by atoms with Crippen molar-refractivity contribution in [2.24, 2.45) is 0 Å². The summed E-state index contributed by atoms with van der Waals surface area (Å²) in [7, 11) is 1.29. The summed E-state index contributed by atoms with van der Waals surface area (Å²) in [5.41, 5.74) is 0. The maximum Gasteiger partial charge on any atom is 0.320 e. The Kier molecular flexibility index (Phi) is 5.87. The minimum Gasteiger partial charge on any atom is -0.480 e. The fourth-order valence-electron chi connectivity index (χ4n) is 1.04. The lowest BCUT2D eigenvalue weighted by atomic mass is 10.1. The lowest BCUT2D eigenvalue weighted by Crippen LogP contribution is -2.41. The SMILES string of the molecule is COC(=O)CCC(NC(C)C)C(=O)O. The Hall–Kier alpha value is -1.10. The molecule has 14 heavy (non-hydrogen) atoms. The van der Waals surface area contributed by atoms with Crippen LogP contribution in [0.25, 0.3) is 0 Å². The van der Waals surface area contributed by atoms with Crippen LogP contribution in [0.15, 0.2) is 0 Å². The van der Waals surface area contributed by atoms with Gasteiger partial charge in [-0.25, -0.2) is 0 Å². The molecule has 0 amide bonds. The number of aliphatic carboxylic acids is 1. The van der Waals surface area contributed by atoms with Crippen LogP contribution in [-0.2, 0) is 14.3 Å². The van der Waals surface area contributed by atoms with Gasteiger partial charge < -0.3 is 15.2 Å². The van der Waals surface area contributed by atoms with Gasteiger partial charge in [-0.2, -0.15) is 0 Å². The number of carboxylic acids is 1. The van der Waals surface area contributed by atoms with E-state index in [2.05, 4.69) is 10.1 Å². The number of hydrogen-bond donors (Lipinski definition) is 2. The molecule has 5 heteroatoms. The fourth-order valence-corrected chi connectivity index (χ4v) is 1.04. The predicted molar refractivity (Wildman–Crippen MR) is 50.9 cm³/mol. The fraction of sp³-hybridized carbons (Fsp3) is 0.778. The topological polar surface area (TPSA) is 75.6 Å². The molecule has 5 nitrogen and oxygen atoms in total. The number of nitrogens with one attached hydrogen (secondary N) is 1. The number of rotatable bonds is 6. The lowest BCUT2D eigenvalue weighted by molar-refractivity contribution is -0.142. The zero-order valence-corrected chi connectivity index (χ0v) is 8.74. The molecule has 0 saturated carbocycles. The van der Waals surface area contributed by atoms with E-state index in [1.54, 1.807) is 0 Å².